The summed E-state index contributed by atoms with van der Waals surface area (Å²) >= 11 is 4.77. The Morgan fingerprint density at radius 2 is 2.39 bits per heavy atom. The second-order valence-electron chi connectivity index (χ2n) is 4.92. The van der Waals surface area contributed by atoms with E-state index < -0.39 is 0 Å². The Bertz CT molecular complexity index is 794. The van der Waals surface area contributed by atoms with Gasteiger partial charge >= 0.3 is 0 Å². The number of furan rings is 1. The number of aromatic nitrogens is 3. The zero-order valence-electron chi connectivity index (χ0n) is 12.5. The van der Waals surface area contributed by atoms with Crippen LogP contribution in [0.4, 0.5) is 5.82 Å². The fourth-order valence-electron chi connectivity index (χ4n) is 2.07. The predicted molar refractivity (Wildman–Crippen MR) is 93.3 cm³/mol. The molecule has 0 spiro atoms. The highest BCUT2D eigenvalue weighted by Crippen LogP contribution is 2.26. The van der Waals surface area contributed by atoms with Gasteiger partial charge in [-0.05, 0) is 25.5 Å². The number of anilines is 1. The molecule has 3 rings (SSSR count). The van der Waals surface area contributed by atoms with Crippen LogP contribution >= 0.6 is 27.3 Å². The van der Waals surface area contributed by atoms with Gasteiger partial charge in [-0.25, -0.2) is 4.98 Å². The van der Waals surface area contributed by atoms with Gasteiger partial charge in [0.25, 0.3) is 0 Å². The maximum Gasteiger partial charge on any atom is 0.225 e. The van der Waals surface area contributed by atoms with Gasteiger partial charge in [-0.2, -0.15) is 9.78 Å². The topological polar surface area (TPSA) is 73.0 Å². The van der Waals surface area contributed by atoms with Gasteiger partial charge in [0.2, 0.25) is 11.0 Å². The number of thiazole rings is 1. The van der Waals surface area contributed by atoms with Crippen molar-refractivity contribution >= 4 is 39.0 Å². The van der Waals surface area contributed by atoms with Gasteiger partial charge in [0.1, 0.15) is 11.5 Å². The molecule has 120 valence electrons. The summed E-state index contributed by atoms with van der Waals surface area (Å²) in [6, 6.07) is 5.51. The van der Waals surface area contributed by atoms with Gasteiger partial charge in [-0.1, -0.05) is 15.9 Å². The van der Waals surface area contributed by atoms with Gasteiger partial charge < -0.3 is 9.73 Å². The van der Waals surface area contributed by atoms with Gasteiger partial charge in [0, 0.05) is 23.2 Å². The Labute approximate surface area is 145 Å². The molecular formula is C15H15BrN4O2S. The lowest BCUT2D eigenvalue weighted by molar-refractivity contribution is -0.116. The first-order chi connectivity index (χ1) is 11.2. The van der Waals surface area contributed by atoms with E-state index in [-0.39, 0.29) is 5.91 Å². The number of nitrogens with one attached hydrogen (secondary N) is 1. The fraction of sp³-hybridized carbons (Fsp3) is 0.267. The number of hydrogen-bond donors (Lipinski definition) is 1. The number of rotatable bonds is 6. The monoisotopic (exact) mass is 394 g/mol. The Morgan fingerprint density at radius 3 is 3.13 bits per heavy atom. The molecule has 3 heterocycles. The third kappa shape index (κ3) is 3.70. The van der Waals surface area contributed by atoms with Crippen LogP contribution < -0.4 is 5.32 Å². The van der Waals surface area contributed by atoms with Crippen molar-refractivity contribution in [3.8, 4) is 16.6 Å². The van der Waals surface area contributed by atoms with Gasteiger partial charge in [-0.15, -0.1) is 11.3 Å². The van der Waals surface area contributed by atoms with Crippen LogP contribution in [0.1, 0.15) is 18.5 Å². The van der Waals surface area contributed by atoms with Crippen LogP contribution in [-0.4, -0.2) is 26.0 Å². The van der Waals surface area contributed by atoms with E-state index in [2.05, 4.69) is 31.3 Å². The maximum atomic E-state index is 12.0. The van der Waals surface area contributed by atoms with E-state index in [0.29, 0.717) is 23.1 Å². The predicted octanol–water partition coefficient (Wildman–Crippen LogP) is 4.01. The van der Waals surface area contributed by atoms with E-state index in [1.807, 2.05) is 30.5 Å². The molecule has 0 aromatic carbocycles. The molecule has 0 aliphatic carbocycles. The second kappa shape index (κ2) is 7.10. The number of carbonyl (C=O) groups excluding carboxylic acids is 1. The van der Waals surface area contributed by atoms with E-state index in [1.54, 1.807) is 10.9 Å². The van der Waals surface area contributed by atoms with Crippen LogP contribution in [0.15, 0.2) is 34.3 Å². The third-order valence-electron chi connectivity index (χ3n) is 3.08. The van der Waals surface area contributed by atoms with Crippen LogP contribution in [0.5, 0.6) is 0 Å². The number of aryl methyl sites for hydroxylation is 1. The number of hydrogen-bond acceptors (Lipinski definition) is 5. The number of carbonyl (C=O) groups is 1. The Morgan fingerprint density at radius 1 is 1.52 bits per heavy atom. The molecule has 0 atom stereocenters. The van der Waals surface area contributed by atoms with Crippen molar-refractivity contribution in [3.63, 3.8) is 0 Å². The molecule has 0 radical (unpaired) electrons. The lowest BCUT2D eigenvalue weighted by atomic mass is 10.3. The second-order valence-corrected chi connectivity index (χ2v) is 6.55. The highest BCUT2D eigenvalue weighted by atomic mass is 79.9. The molecule has 0 unspecified atom stereocenters. The summed E-state index contributed by atoms with van der Waals surface area (Å²) in [5, 5.41) is 10.7. The number of amides is 1. The molecule has 1 amide bonds. The van der Waals surface area contributed by atoms with Crippen molar-refractivity contribution < 1.29 is 9.21 Å². The summed E-state index contributed by atoms with van der Waals surface area (Å²) in [4.78, 5) is 16.5. The molecule has 0 saturated heterocycles. The fourth-order valence-corrected chi connectivity index (χ4v) is 3.12. The molecule has 0 bridgehead atoms. The zero-order chi connectivity index (χ0) is 16.2. The molecule has 6 nitrogen and oxygen atoms in total. The molecule has 0 saturated carbocycles. The Hall–Kier alpha value is -1.93. The summed E-state index contributed by atoms with van der Waals surface area (Å²) in [6.07, 6.45) is 2.87. The Kier molecular flexibility index (Phi) is 4.92. The van der Waals surface area contributed by atoms with Crippen LogP contribution in [-0.2, 0) is 4.79 Å². The summed E-state index contributed by atoms with van der Waals surface area (Å²) < 4.78 is 7.00. The van der Waals surface area contributed by atoms with E-state index in [0.717, 1.165) is 23.1 Å². The minimum absolute atomic E-state index is 0.0339. The SMILES string of the molecule is Cc1cc(NC(=O)CCCBr)n(-c2nc(-c3ccco3)cs2)n1. The maximum absolute atomic E-state index is 12.0. The van der Waals surface area contributed by atoms with Gasteiger partial charge in [-0.3, -0.25) is 4.79 Å². The number of nitrogens with zero attached hydrogens (tertiary/aromatic N) is 3. The molecular weight excluding hydrogens is 380 g/mol. The highest BCUT2D eigenvalue weighted by molar-refractivity contribution is 9.09. The minimum atomic E-state index is -0.0339. The van der Waals surface area contributed by atoms with Crippen LogP contribution in [0.3, 0.4) is 0 Å². The summed E-state index contributed by atoms with van der Waals surface area (Å²) in [7, 11) is 0. The van der Waals surface area contributed by atoms with E-state index in [1.165, 1.54) is 11.3 Å². The Balaban J connectivity index is 1.84. The molecule has 8 heteroatoms. The molecule has 0 aliphatic heterocycles. The van der Waals surface area contributed by atoms with E-state index in [4.69, 9.17) is 4.42 Å². The summed E-state index contributed by atoms with van der Waals surface area (Å²) in [6.45, 7) is 1.88. The van der Waals surface area contributed by atoms with E-state index in [9.17, 15) is 4.79 Å². The van der Waals surface area contributed by atoms with Crippen molar-refractivity contribution in [2.45, 2.75) is 19.8 Å². The first kappa shape index (κ1) is 15.9. The van der Waals surface area contributed by atoms with Crippen molar-refractivity contribution in [2.75, 3.05) is 10.6 Å². The largest absolute Gasteiger partial charge is 0.463 e. The summed E-state index contributed by atoms with van der Waals surface area (Å²) in [5.41, 5.74) is 1.57. The summed E-state index contributed by atoms with van der Waals surface area (Å²) in [5.74, 6) is 1.30. The number of halogens is 1. The average molecular weight is 395 g/mol. The lowest BCUT2D eigenvalue weighted by Crippen LogP contribution is -2.14. The molecule has 3 aromatic rings. The average Bonchev–Trinajstić information content (AvgIpc) is 3.24. The smallest absolute Gasteiger partial charge is 0.225 e. The van der Waals surface area contributed by atoms with Crippen molar-refractivity contribution in [1.29, 1.82) is 0 Å². The highest BCUT2D eigenvalue weighted by Gasteiger charge is 2.15. The van der Waals surface area contributed by atoms with Gasteiger partial charge in [0.05, 0.1) is 12.0 Å². The molecule has 23 heavy (non-hydrogen) atoms. The van der Waals surface area contributed by atoms with E-state index >= 15 is 0 Å². The lowest BCUT2D eigenvalue weighted by Gasteiger charge is -2.05. The van der Waals surface area contributed by atoms with Crippen LogP contribution in [0, 0.1) is 6.92 Å². The molecule has 3 aromatic heterocycles. The molecule has 0 fully saturated rings. The van der Waals surface area contributed by atoms with Crippen LogP contribution in [0.25, 0.3) is 16.6 Å². The quantitative estimate of drug-likeness (QED) is 0.640. The number of alkyl halides is 1. The standard InChI is InChI=1S/C15H15BrN4O2S/c1-10-8-13(18-14(21)5-2-6-16)20(19-10)15-17-11(9-23-15)12-4-3-7-22-12/h3-4,7-9H,2,5-6H2,1H3,(H,18,21). The van der Waals surface area contributed by atoms with Gasteiger partial charge in [0.15, 0.2) is 5.76 Å². The zero-order valence-corrected chi connectivity index (χ0v) is 14.9. The van der Waals surface area contributed by atoms with Crippen LogP contribution in [0.2, 0.25) is 0 Å². The van der Waals surface area contributed by atoms with Crippen molar-refractivity contribution in [3.05, 3.63) is 35.5 Å². The first-order valence-electron chi connectivity index (χ1n) is 7.09. The van der Waals surface area contributed by atoms with Crippen molar-refractivity contribution in [2.24, 2.45) is 0 Å². The normalized spacial score (nSPS) is 10.9. The third-order valence-corrected chi connectivity index (χ3v) is 4.46. The molecule has 1 N–H and O–H groups in total. The minimum Gasteiger partial charge on any atom is -0.463 e. The first-order valence-corrected chi connectivity index (χ1v) is 9.10. The molecule has 0 aliphatic rings. The van der Waals surface area contributed by atoms with Crippen molar-refractivity contribution in [1.82, 2.24) is 14.8 Å².